The monoisotopic (exact) mass is 362 g/mol. The van der Waals surface area contributed by atoms with Crippen LogP contribution in [0.1, 0.15) is 5.56 Å². The van der Waals surface area contributed by atoms with E-state index in [0.29, 0.717) is 11.4 Å². The number of carbonyl (C=O) groups is 1. The van der Waals surface area contributed by atoms with Crippen molar-refractivity contribution in [2.75, 3.05) is 5.32 Å². The van der Waals surface area contributed by atoms with Crippen molar-refractivity contribution in [2.45, 2.75) is 6.42 Å². The van der Waals surface area contributed by atoms with Crippen LogP contribution in [0.3, 0.4) is 0 Å². The maximum Gasteiger partial charge on any atom is 0.228 e. The second kappa shape index (κ2) is 5.92. The Bertz CT molecular complexity index is 813. The summed E-state index contributed by atoms with van der Waals surface area (Å²) in [6.07, 6.45) is 2.15. The number of aromatic amines is 1. The van der Waals surface area contributed by atoms with Crippen molar-refractivity contribution in [3.63, 3.8) is 0 Å². The molecule has 106 valence electrons. The number of H-pyrrole nitrogens is 1. The van der Waals surface area contributed by atoms with Gasteiger partial charge in [-0.2, -0.15) is 0 Å². The minimum absolute atomic E-state index is 0.0611. The zero-order valence-corrected chi connectivity index (χ0v) is 13.3. The molecule has 0 saturated heterocycles. The zero-order chi connectivity index (χ0) is 14.8. The summed E-state index contributed by atoms with van der Waals surface area (Å²) in [6, 6.07) is 13.1. The zero-order valence-electron chi connectivity index (χ0n) is 11.0. The smallest absolute Gasteiger partial charge is 0.228 e. The number of carbonyl (C=O) groups excluding carboxylic acids is 1. The number of nitrogens with one attached hydrogen (secondary N) is 2. The molecule has 0 aliphatic carbocycles. The number of amides is 1. The van der Waals surface area contributed by atoms with Crippen LogP contribution < -0.4 is 5.32 Å². The van der Waals surface area contributed by atoms with Crippen LogP contribution in [0.15, 0.2) is 53.1 Å². The number of halogens is 2. The van der Waals surface area contributed by atoms with Crippen molar-refractivity contribution < 1.29 is 4.79 Å². The fraction of sp³-hybridized carbons (Fsp3) is 0.0625. The maximum absolute atomic E-state index is 12.1. The molecule has 3 nitrogen and oxygen atoms in total. The number of hydrogen-bond acceptors (Lipinski definition) is 1. The van der Waals surface area contributed by atoms with Gasteiger partial charge >= 0.3 is 0 Å². The summed E-state index contributed by atoms with van der Waals surface area (Å²) >= 11 is 9.39. The Labute approximate surface area is 135 Å². The first-order valence-electron chi connectivity index (χ1n) is 6.43. The van der Waals surface area contributed by atoms with Gasteiger partial charge in [-0.1, -0.05) is 33.6 Å². The molecule has 0 radical (unpaired) electrons. The standard InChI is InChI=1S/C16H12BrClN2O/c17-11-2-1-3-13(7-11)20-16(21)6-10-9-19-15-5-4-12(18)8-14(10)15/h1-5,7-9,19H,6H2,(H,20,21). The summed E-state index contributed by atoms with van der Waals surface area (Å²) < 4.78 is 0.930. The van der Waals surface area contributed by atoms with Crippen LogP contribution in [0.5, 0.6) is 0 Å². The minimum Gasteiger partial charge on any atom is -0.361 e. The largest absolute Gasteiger partial charge is 0.361 e. The lowest BCUT2D eigenvalue weighted by Crippen LogP contribution is -2.14. The van der Waals surface area contributed by atoms with Crippen LogP contribution in [0.25, 0.3) is 10.9 Å². The van der Waals surface area contributed by atoms with Crippen molar-refractivity contribution in [1.82, 2.24) is 4.98 Å². The molecule has 2 aromatic carbocycles. The molecule has 3 rings (SSSR count). The lowest BCUT2D eigenvalue weighted by Gasteiger charge is -2.05. The molecule has 0 bridgehead atoms. The Morgan fingerprint density at radius 2 is 2.10 bits per heavy atom. The van der Waals surface area contributed by atoms with Crippen molar-refractivity contribution in [1.29, 1.82) is 0 Å². The van der Waals surface area contributed by atoms with Gasteiger partial charge in [-0.3, -0.25) is 4.79 Å². The lowest BCUT2D eigenvalue weighted by molar-refractivity contribution is -0.115. The number of fused-ring (bicyclic) bond motifs is 1. The van der Waals surface area contributed by atoms with Gasteiger partial charge in [-0.25, -0.2) is 0 Å². The summed E-state index contributed by atoms with van der Waals surface area (Å²) in [4.78, 5) is 15.3. The highest BCUT2D eigenvalue weighted by molar-refractivity contribution is 9.10. The Kier molecular flexibility index (Phi) is 3.99. The van der Waals surface area contributed by atoms with Crippen molar-refractivity contribution in [3.05, 3.63) is 63.7 Å². The fourth-order valence-electron chi connectivity index (χ4n) is 2.24. The van der Waals surface area contributed by atoms with Crippen molar-refractivity contribution in [3.8, 4) is 0 Å². The Morgan fingerprint density at radius 1 is 1.24 bits per heavy atom. The first-order valence-corrected chi connectivity index (χ1v) is 7.60. The molecule has 0 fully saturated rings. The molecular weight excluding hydrogens is 352 g/mol. The van der Waals surface area contributed by atoms with E-state index in [-0.39, 0.29) is 5.91 Å². The van der Waals surface area contributed by atoms with Crippen molar-refractivity contribution >= 4 is 50.0 Å². The number of aromatic nitrogens is 1. The van der Waals surface area contributed by atoms with Crippen LogP contribution in [0.4, 0.5) is 5.69 Å². The maximum atomic E-state index is 12.1. The van der Waals surface area contributed by atoms with E-state index in [2.05, 4.69) is 26.2 Å². The topological polar surface area (TPSA) is 44.9 Å². The van der Waals surface area contributed by atoms with Crippen LogP contribution in [-0.2, 0) is 11.2 Å². The van der Waals surface area contributed by atoms with Crippen molar-refractivity contribution in [2.24, 2.45) is 0 Å². The lowest BCUT2D eigenvalue weighted by atomic mass is 10.1. The predicted octanol–water partition coefficient (Wildman–Crippen LogP) is 4.77. The molecule has 1 heterocycles. The number of benzene rings is 2. The minimum atomic E-state index is -0.0611. The molecule has 0 unspecified atom stereocenters. The van der Waals surface area contributed by atoms with Gasteiger partial charge in [0.2, 0.25) is 5.91 Å². The van der Waals surface area contributed by atoms with Gasteiger partial charge in [0.25, 0.3) is 0 Å². The van der Waals surface area contributed by atoms with Crippen LogP contribution in [0, 0.1) is 0 Å². The summed E-state index contributed by atoms with van der Waals surface area (Å²) in [5, 5.41) is 4.53. The highest BCUT2D eigenvalue weighted by Gasteiger charge is 2.09. The molecule has 1 aromatic heterocycles. The quantitative estimate of drug-likeness (QED) is 0.692. The van der Waals surface area contributed by atoms with Gasteiger partial charge < -0.3 is 10.3 Å². The van der Waals surface area contributed by atoms with Crippen LogP contribution in [0.2, 0.25) is 5.02 Å². The second-order valence-corrected chi connectivity index (χ2v) is 6.09. The average molecular weight is 364 g/mol. The van der Waals surface area contributed by atoms with E-state index in [0.717, 1.165) is 26.6 Å². The molecule has 5 heteroatoms. The Hall–Kier alpha value is -1.78. The summed E-state index contributed by atoms with van der Waals surface area (Å²) in [5.74, 6) is -0.0611. The van der Waals surface area contributed by atoms with Crippen LogP contribution >= 0.6 is 27.5 Å². The molecule has 1 amide bonds. The van der Waals surface area contributed by atoms with Gasteiger partial charge in [-0.05, 0) is 42.0 Å². The molecule has 0 saturated carbocycles. The number of hydrogen-bond donors (Lipinski definition) is 2. The molecule has 3 aromatic rings. The molecule has 0 aliphatic heterocycles. The summed E-state index contributed by atoms with van der Waals surface area (Å²) in [6.45, 7) is 0. The molecule has 0 spiro atoms. The van der Waals surface area contributed by atoms with E-state index in [1.54, 1.807) is 0 Å². The van der Waals surface area contributed by atoms with E-state index in [1.807, 2.05) is 48.7 Å². The predicted molar refractivity (Wildman–Crippen MR) is 89.8 cm³/mol. The third kappa shape index (κ3) is 3.28. The highest BCUT2D eigenvalue weighted by Crippen LogP contribution is 2.23. The van der Waals surface area contributed by atoms with E-state index in [9.17, 15) is 4.79 Å². The highest BCUT2D eigenvalue weighted by atomic mass is 79.9. The second-order valence-electron chi connectivity index (χ2n) is 4.74. The summed E-state index contributed by atoms with van der Waals surface area (Å²) in [7, 11) is 0. The van der Waals surface area contributed by atoms with E-state index in [1.165, 1.54) is 0 Å². The van der Waals surface area contributed by atoms with Gasteiger partial charge in [0.1, 0.15) is 0 Å². The van der Waals surface area contributed by atoms with Gasteiger partial charge in [0, 0.05) is 32.3 Å². The normalized spacial score (nSPS) is 10.8. The SMILES string of the molecule is O=C(Cc1c[nH]c2ccc(Cl)cc12)Nc1cccc(Br)c1. The summed E-state index contributed by atoms with van der Waals surface area (Å²) in [5.41, 5.74) is 2.68. The Balaban J connectivity index is 1.79. The Morgan fingerprint density at radius 3 is 2.90 bits per heavy atom. The van der Waals surface area contributed by atoms with E-state index in [4.69, 9.17) is 11.6 Å². The molecule has 21 heavy (non-hydrogen) atoms. The van der Waals surface area contributed by atoms with Gasteiger partial charge in [0.05, 0.1) is 6.42 Å². The molecule has 0 aliphatic rings. The van der Waals surface area contributed by atoms with E-state index >= 15 is 0 Å². The molecule has 2 N–H and O–H groups in total. The fourth-order valence-corrected chi connectivity index (χ4v) is 2.81. The number of rotatable bonds is 3. The average Bonchev–Trinajstić information content (AvgIpc) is 2.81. The number of anilines is 1. The van der Waals surface area contributed by atoms with Gasteiger partial charge in [0.15, 0.2) is 0 Å². The third-order valence-corrected chi connectivity index (χ3v) is 3.92. The molecule has 0 atom stereocenters. The van der Waals surface area contributed by atoms with E-state index < -0.39 is 0 Å². The third-order valence-electron chi connectivity index (χ3n) is 3.19. The first kappa shape index (κ1) is 14.2. The molecular formula is C16H12BrClN2O. The first-order chi connectivity index (χ1) is 10.1. The van der Waals surface area contributed by atoms with Gasteiger partial charge in [-0.15, -0.1) is 0 Å². The van der Waals surface area contributed by atoms with Crippen LogP contribution in [-0.4, -0.2) is 10.9 Å².